The molecule has 1 aromatic carbocycles. The molecule has 0 radical (unpaired) electrons. The van der Waals surface area contributed by atoms with Gasteiger partial charge in [-0.05, 0) is 18.6 Å². The zero-order chi connectivity index (χ0) is 17.1. The lowest BCUT2D eigenvalue weighted by Gasteiger charge is -2.06. The molecule has 23 heavy (non-hydrogen) atoms. The summed E-state index contributed by atoms with van der Waals surface area (Å²) in [6, 6.07) is 6.34. The normalized spacial score (nSPS) is 10.1. The summed E-state index contributed by atoms with van der Waals surface area (Å²) in [4.78, 5) is 44.4. The Morgan fingerprint density at radius 2 is 1.78 bits per heavy atom. The van der Waals surface area contributed by atoms with E-state index in [0.717, 1.165) is 12.2 Å². The quantitative estimate of drug-likeness (QED) is 0.235. The summed E-state index contributed by atoms with van der Waals surface area (Å²) in [6.45, 7) is -0.00519. The number of methoxy groups -OCH3 is 1. The van der Waals surface area contributed by atoms with Crippen LogP contribution in [0.4, 0.5) is 0 Å². The van der Waals surface area contributed by atoms with Crippen LogP contribution in [0.5, 0.6) is 5.75 Å². The van der Waals surface area contributed by atoms with Crippen LogP contribution >= 0.6 is 0 Å². The minimum Gasteiger partial charge on any atom is -0.466 e. The fraction of sp³-hybridized carbons (Fsp3) is 0.250. The minimum atomic E-state index is -0.713. The molecule has 0 N–H and O–H groups in total. The van der Waals surface area contributed by atoms with E-state index in [0.29, 0.717) is 6.29 Å². The molecule has 0 spiro atoms. The van der Waals surface area contributed by atoms with Crippen LogP contribution in [0.1, 0.15) is 23.2 Å². The molecule has 0 bridgehead atoms. The summed E-state index contributed by atoms with van der Waals surface area (Å²) in [5.74, 6) is -1.74. The largest absolute Gasteiger partial charge is 0.466 e. The van der Waals surface area contributed by atoms with Gasteiger partial charge in [-0.15, -0.1) is 0 Å². The number of hydrogen-bond acceptors (Lipinski definition) is 7. The van der Waals surface area contributed by atoms with Crippen LogP contribution in [-0.4, -0.2) is 37.9 Å². The maximum Gasteiger partial charge on any atom is 0.331 e. The molecular weight excluding hydrogens is 304 g/mol. The van der Waals surface area contributed by atoms with E-state index in [1.165, 1.54) is 19.2 Å². The smallest absolute Gasteiger partial charge is 0.331 e. The van der Waals surface area contributed by atoms with E-state index in [9.17, 15) is 19.2 Å². The monoisotopic (exact) mass is 320 g/mol. The maximum atomic E-state index is 11.6. The topological polar surface area (TPSA) is 96.0 Å². The summed E-state index contributed by atoms with van der Waals surface area (Å²) in [5.41, 5.74) is 0.278. The average Bonchev–Trinajstić information content (AvgIpc) is 2.57. The average molecular weight is 320 g/mol. The van der Waals surface area contributed by atoms with Gasteiger partial charge in [0.2, 0.25) is 0 Å². The van der Waals surface area contributed by atoms with Crippen molar-refractivity contribution in [1.82, 2.24) is 0 Å². The van der Waals surface area contributed by atoms with Gasteiger partial charge in [0, 0.05) is 18.6 Å². The predicted octanol–water partition coefficient (Wildman–Crippen LogP) is 1.46. The van der Waals surface area contributed by atoms with Crippen LogP contribution in [0, 0.1) is 0 Å². The highest BCUT2D eigenvalue weighted by Gasteiger charge is 2.09. The first-order valence-corrected chi connectivity index (χ1v) is 6.74. The SMILES string of the molecule is COC(=O)/C=C\C(=O)OCCCC(=O)Oc1ccccc1C=O. The van der Waals surface area contributed by atoms with Gasteiger partial charge in [0.1, 0.15) is 5.75 Å². The molecule has 0 aromatic heterocycles. The third-order valence-electron chi connectivity index (χ3n) is 2.60. The van der Waals surface area contributed by atoms with Gasteiger partial charge in [-0.1, -0.05) is 12.1 Å². The zero-order valence-corrected chi connectivity index (χ0v) is 12.5. The molecule has 0 amide bonds. The fourth-order valence-electron chi connectivity index (χ4n) is 1.49. The number of ether oxygens (including phenoxy) is 3. The minimum absolute atomic E-state index is 0.00519. The van der Waals surface area contributed by atoms with Crippen LogP contribution in [0.25, 0.3) is 0 Å². The molecule has 1 aromatic rings. The number of esters is 3. The van der Waals surface area contributed by atoms with Crippen LogP contribution < -0.4 is 4.74 Å². The summed E-state index contributed by atoms with van der Waals surface area (Å²) >= 11 is 0. The van der Waals surface area contributed by atoms with Crippen molar-refractivity contribution in [2.75, 3.05) is 13.7 Å². The Bertz CT molecular complexity index is 604. The van der Waals surface area contributed by atoms with Gasteiger partial charge in [-0.2, -0.15) is 0 Å². The second kappa shape index (κ2) is 9.88. The molecular formula is C16H16O7. The second-order valence-electron chi connectivity index (χ2n) is 4.26. The molecule has 0 saturated carbocycles. The highest BCUT2D eigenvalue weighted by molar-refractivity contribution is 5.91. The van der Waals surface area contributed by atoms with E-state index in [2.05, 4.69) is 4.74 Å². The van der Waals surface area contributed by atoms with Gasteiger partial charge >= 0.3 is 17.9 Å². The van der Waals surface area contributed by atoms with Crippen molar-refractivity contribution in [3.05, 3.63) is 42.0 Å². The molecule has 0 aliphatic heterocycles. The lowest BCUT2D eigenvalue weighted by Crippen LogP contribution is -2.11. The molecule has 0 aliphatic rings. The number of carbonyl (C=O) groups excluding carboxylic acids is 4. The number of hydrogen-bond donors (Lipinski definition) is 0. The van der Waals surface area contributed by atoms with Crippen LogP contribution in [0.15, 0.2) is 36.4 Å². The Morgan fingerprint density at radius 3 is 2.48 bits per heavy atom. The fourth-order valence-corrected chi connectivity index (χ4v) is 1.49. The van der Waals surface area contributed by atoms with Gasteiger partial charge in [-0.25, -0.2) is 9.59 Å². The number of carbonyl (C=O) groups is 4. The first-order valence-electron chi connectivity index (χ1n) is 6.74. The molecule has 0 atom stereocenters. The van der Waals surface area contributed by atoms with E-state index in [-0.39, 0.29) is 30.8 Å². The molecule has 1 rings (SSSR count). The van der Waals surface area contributed by atoms with Crippen LogP contribution in [0.3, 0.4) is 0 Å². The van der Waals surface area contributed by atoms with Crippen molar-refractivity contribution in [3.63, 3.8) is 0 Å². The maximum absolute atomic E-state index is 11.6. The molecule has 0 aliphatic carbocycles. The molecule has 0 saturated heterocycles. The van der Waals surface area contributed by atoms with Gasteiger partial charge in [0.25, 0.3) is 0 Å². The van der Waals surface area contributed by atoms with Crippen molar-refractivity contribution in [2.45, 2.75) is 12.8 Å². The number of benzene rings is 1. The molecule has 0 unspecified atom stereocenters. The molecule has 7 nitrogen and oxygen atoms in total. The Hall–Kier alpha value is -2.96. The lowest BCUT2D eigenvalue weighted by molar-refractivity contribution is -0.140. The first-order chi connectivity index (χ1) is 11.1. The van der Waals surface area contributed by atoms with Gasteiger partial charge < -0.3 is 14.2 Å². The van der Waals surface area contributed by atoms with Crippen molar-refractivity contribution in [1.29, 1.82) is 0 Å². The second-order valence-corrected chi connectivity index (χ2v) is 4.26. The lowest BCUT2D eigenvalue weighted by atomic mass is 10.2. The van der Waals surface area contributed by atoms with Gasteiger partial charge in [0.15, 0.2) is 6.29 Å². The van der Waals surface area contributed by atoms with E-state index in [4.69, 9.17) is 9.47 Å². The van der Waals surface area contributed by atoms with Crippen molar-refractivity contribution in [2.24, 2.45) is 0 Å². The van der Waals surface area contributed by atoms with Crippen LogP contribution in [0.2, 0.25) is 0 Å². The highest BCUT2D eigenvalue weighted by atomic mass is 16.5. The Labute approximate surface area is 132 Å². The number of aldehydes is 1. The molecule has 0 heterocycles. The zero-order valence-electron chi connectivity index (χ0n) is 12.5. The van der Waals surface area contributed by atoms with Gasteiger partial charge in [0.05, 0.1) is 19.3 Å². The molecule has 0 fully saturated rings. The Balaban J connectivity index is 2.29. The van der Waals surface area contributed by atoms with Gasteiger partial charge in [-0.3, -0.25) is 9.59 Å². The molecule has 7 heteroatoms. The Morgan fingerprint density at radius 1 is 1.09 bits per heavy atom. The molecule has 122 valence electrons. The third kappa shape index (κ3) is 7.03. The van der Waals surface area contributed by atoms with Crippen molar-refractivity contribution >= 4 is 24.2 Å². The first kappa shape index (κ1) is 18.1. The van der Waals surface area contributed by atoms with E-state index in [1.807, 2.05) is 0 Å². The standard InChI is InChI=1S/C16H16O7/c1-21-14(18)8-9-15(19)22-10-4-7-16(20)23-13-6-3-2-5-12(13)11-17/h2-3,5-6,8-9,11H,4,7,10H2,1H3/b9-8-. The van der Waals surface area contributed by atoms with E-state index >= 15 is 0 Å². The number of rotatable bonds is 8. The predicted molar refractivity (Wildman–Crippen MR) is 78.8 cm³/mol. The summed E-state index contributed by atoms with van der Waals surface area (Å²) in [6.07, 6.45) is 2.73. The summed E-state index contributed by atoms with van der Waals surface area (Å²) in [5, 5.41) is 0. The third-order valence-corrected chi connectivity index (χ3v) is 2.60. The highest BCUT2D eigenvalue weighted by Crippen LogP contribution is 2.16. The Kier molecular flexibility index (Phi) is 7.77. The van der Waals surface area contributed by atoms with Crippen LogP contribution in [-0.2, 0) is 23.9 Å². The number of para-hydroxylation sites is 1. The summed E-state index contributed by atoms with van der Waals surface area (Å²) < 4.78 is 14.1. The summed E-state index contributed by atoms with van der Waals surface area (Å²) in [7, 11) is 1.19. The van der Waals surface area contributed by atoms with Crippen molar-refractivity contribution < 1.29 is 33.4 Å². The van der Waals surface area contributed by atoms with Crippen molar-refractivity contribution in [3.8, 4) is 5.75 Å². The van der Waals surface area contributed by atoms with E-state index < -0.39 is 17.9 Å². The van der Waals surface area contributed by atoms with E-state index in [1.54, 1.807) is 12.1 Å².